The van der Waals surface area contributed by atoms with Crippen LogP contribution in [0.4, 0.5) is 36.8 Å². The molecule has 3 heterocycles. The van der Waals surface area contributed by atoms with Gasteiger partial charge in [0.1, 0.15) is 11.5 Å². The third-order valence-corrected chi connectivity index (χ3v) is 7.33. The van der Waals surface area contributed by atoms with Crippen molar-refractivity contribution >= 4 is 11.8 Å². The Bertz CT molecular complexity index is 1580. The molecule has 240 valence electrons. The van der Waals surface area contributed by atoms with Gasteiger partial charge in [0, 0.05) is 18.9 Å². The van der Waals surface area contributed by atoms with Gasteiger partial charge >= 0.3 is 18.4 Å². The van der Waals surface area contributed by atoms with Gasteiger partial charge in [-0.05, 0) is 49.1 Å². The number of nitrogens with two attached hydrogens (primary N) is 1. The molecule has 45 heavy (non-hydrogen) atoms. The maximum Gasteiger partial charge on any atom is 0.416 e. The molecule has 0 radical (unpaired) electrons. The van der Waals surface area contributed by atoms with Crippen molar-refractivity contribution in [3.05, 3.63) is 70.4 Å². The van der Waals surface area contributed by atoms with E-state index in [-0.39, 0.29) is 78.4 Å². The van der Waals surface area contributed by atoms with E-state index < -0.39 is 47.6 Å². The summed E-state index contributed by atoms with van der Waals surface area (Å²) in [6.07, 6.45) is -10.2. The number of amides is 1. The Balaban J connectivity index is 1.87. The van der Waals surface area contributed by atoms with E-state index in [4.69, 9.17) is 20.5 Å². The Morgan fingerprint density at radius 2 is 1.82 bits per heavy atom. The Morgan fingerprint density at radius 3 is 2.38 bits per heavy atom. The summed E-state index contributed by atoms with van der Waals surface area (Å²) >= 11 is 0. The molecule has 0 bridgehead atoms. The lowest BCUT2D eigenvalue weighted by molar-refractivity contribution is -0.143. The van der Waals surface area contributed by atoms with Gasteiger partial charge in [0.2, 0.25) is 5.88 Å². The molecular formula is C29H28F6N6O4. The van der Waals surface area contributed by atoms with Gasteiger partial charge in [0.25, 0.3) is 0 Å². The first-order chi connectivity index (χ1) is 21.1. The van der Waals surface area contributed by atoms with Crippen LogP contribution in [0.2, 0.25) is 0 Å². The molecule has 1 aromatic carbocycles. The number of hydrogen-bond acceptors (Lipinski definition) is 8. The number of carbonyl (C=O) groups is 1. The summed E-state index contributed by atoms with van der Waals surface area (Å²) in [6, 6.07) is 6.10. The number of rotatable bonds is 9. The minimum atomic E-state index is -5.05. The molecule has 0 saturated carbocycles. The quantitative estimate of drug-likeness (QED) is 0.204. The second-order valence-electron chi connectivity index (χ2n) is 10.3. The van der Waals surface area contributed by atoms with E-state index >= 15 is 0 Å². The number of methoxy groups -OCH3 is 1. The zero-order valence-corrected chi connectivity index (χ0v) is 24.0. The molecule has 2 atom stereocenters. The van der Waals surface area contributed by atoms with E-state index in [0.717, 1.165) is 4.90 Å². The number of aromatic nitrogens is 3. The molecule has 4 rings (SSSR count). The third-order valence-electron chi connectivity index (χ3n) is 7.33. The van der Waals surface area contributed by atoms with Crippen molar-refractivity contribution in [1.29, 1.82) is 5.26 Å². The fourth-order valence-electron chi connectivity index (χ4n) is 5.08. The standard InChI is InChI=1S/C29H28F6N6O4/c1-3-27(37)14-19(24-21(41(27)26(42)43)6-7-23(40-24)44-2)25-38-15-22(45-9-5-4-8-36)20(39-25)12-16-10-17(28(30,31)32)13-18(11-16)29(33,34)35/h6-7,10-11,13,15,19H,3-5,9,12,14,37H2,1-2H3,(H,42,43)/t19-,27+/m0/s1. The van der Waals surface area contributed by atoms with Gasteiger partial charge < -0.3 is 20.3 Å². The summed E-state index contributed by atoms with van der Waals surface area (Å²) < 4.78 is 92.4. The number of alkyl halides is 6. The van der Waals surface area contributed by atoms with Crippen molar-refractivity contribution in [1.82, 2.24) is 15.0 Å². The summed E-state index contributed by atoms with van der Waals surface area (Å²) in [5, 5.41) is 18.8. The summed E-state index contributed by atoms with van der Waals surface area (Å²) in [5.74, 6) is -0.688. The Hall–Kier alpha value is -4.65. The monoisotopic (exact) mass is 638 g/mol. The molecule has 0 aliphatic carbocycles. The lowest BCUT2D eigenvalue weighted by atomic mass is 9.83. The van der Waals surface area contributed by atoms with Gasteiger partial charge in [-0.3, -0.25) is 4.90 Å². The highest BCUT2D eigenvalue weighted by molar-refractivity contribution is 5.89. The maximum atomic E-state index is 13.6. The molecule has 1 aliphatic rings. The number of halogens is 6. The Kier molecular flexibility index (Phi) is 9.43. The number of fused-ring (bicyclic) bond motifs is 1. The highest BCUT2D eigenvalue weighted by Gasteiger charge is 2.47. The van der Waals surface area contributed by atoms with E-state index in [1.165, 1.54) is 25.4 Å². The SMILES string of the molecule is CC[C@]1(N)C[C@H](c2ncc(OCCCC#N)c(Cc3cc(C(F)(F)F)cc(C(F)(F)F)c3)n2)c2nc(OC)ccc2N1C(=O)O. The topological polar surface area (TPSA) is 147 Å². The maximum absolute atomic E-state index is 13.6. The summed E-state index contributed by atoms with van der Waals surface area (Å²) in [5.41, 5.74) is 2.12. The minimum Gasteiger partial charge on any atom is -0.490 e. The smallest absolute Gasteiger partial charge is 0.416 e. The fourth-order valence-corrected chi connectivity index (χ4v) is 5.08. The van der Waals surface area contributed by atoms with Crippen LogP contribution in [-0.4, -0.2) is 45.5 Å². The molecule has 2 aromatic heterocycles. The zero-order valence-electron chi connectivity index (χ0n) is 24.0. The zero-order chi connectivity index (χ0) is 33.2. The number of nitrogens with zero attached hydrogens (tertiary/aromatic N) is 5. The van der Waals surface area contributed by atoms with Gasteiger partial charge in [-0.15, -0.1) is 0 Å². The average molecular weight is 639 g/mol. The van der Waals surface area contributed by atoms with E-state index in [9.17, 15) is 36.2 Å². The van der Waals surface area contributed by atoms with E-state index in [0.29, 0.717) is 12.1 Å². The number of nitriles is 1. The van der Waals surface area contributed by atoms with Crippen LogP contribution >= 0.6 is 0 Å². The van der Waals surface area contributed by atoms with Gasteiger partial charge in [0.15, 0.2) is 5.75 Å². The van der Waals surface area contributed by atoms with Crippen LogP contribution in [0.3, 0.4) is 0 Å². The molecule has 3 N–H and O–H groups in total. The van der Waals surface area contributed by atoms with Crippen LogP contribution in [-0.2, 0) is 18.8 Å². The van der Waals surface area contributed by atoms with Crippen LogP contribution in [0.5, 0.6) is 11.6 Å². The number of pyridine rings is 1. The number of anilines is 1. The second-order valence-corrected chi connectivity index (χ2v) is 10.3. The van der Waals surface area contributed by atoms with Crippen molar-refractivity contribution in [2.24, 2.45) is 5.73 Å². The van der Waals surface area contributed by atoms with Crippen LogP contribution in [0.1, 0.15) is 72.4 Å². The number of hydrogen-bond donors (Lipinski definition) is 2. The molecule has 1 amide bonds. The van der Waals surface area contributed by atoms with E-state index in [1.807, 2.05) is 6.07 Å². The average Bonchev–Trinajstić information content (AvgIpc) is 2.98. The second kappa shape index (κ2) is 12.8. The van der Waals surface area contributed by atoms with Crippen molar-refractivity contribution in [2.75, 3.05) is 18.6 Å². The van der Waals surface area contributed by atoms with Gasteiger partial charge in [0.05, 0.1) is 60.1 Å². The predicted octanol–water partition coefficient (Wildman–Crippen LogP) is 6.28. The fraction of sp³-hybridized carbons (Fsp3) is 0.414. The highest BCUT2D eigenvalue weighted by Crippen LogP contribution is 2.45. The molecule has 16 heteroatoms. The van der Waals surface area contributed by atoms with Crippen molar-refractivity contribution < 1.29 is 45.7 Å². The largest absolute Gasteiger partial charge is 0.490 e. The first kappa shape index (κ1) is 33.2. The van der Waals surface area contributed by atoms with E-state index in [2.05, 4.69) is 15.0 Å². The van der Waals surface area contributed by atoms with Gasteiger partial charge in [-0.2, -0.15) is 31.6 Å². The number of unbranched alkanes of at least 4 members (excludes halogenated alkanes) is 1. The lowest BCUT2D eigenvalue weighted by Gasteiger charge is -2.45. The summed E-state index contributed by atoms with van der Waals surface area (Å²) in [7, 11) is 1.36. The van der Waals surface area contributed by atoms with E-state index in [1.54, 1.807) is 6.92 Å². The molecular weight excluding hydrogens is 610 g/mol. The van der Waals surface area contributed by atoms with Crippen LogP contribution in [0, 0.1) is 11.3 Å². The van der Waals surface area contributed by atoms with Crippen LogP contribution in [0.25, 0.3) is 0 Å². The first-order valence-corrected chi connectivity index (χ1v) is 13.6. The number of carboxylic acid groups (broad SMARTS) is 1. The van der Waals surface area contributed by atoms with Crippen molar-refractivity contribution in [3.8, 4) is 17.7 Å². The Labute approximate surface area is 253 Å². The van der Waals surface area contributed by atoms with Crippen LogP contribution < -0.4 is 20.1 Å². The Morgan fingerprint density at radius 1 is 1.16 bits per heavy atom. The highest BCUT2D eigenvalue weighted by atomic mass is 19.4. The summed E-state index contributed by atoms with van der Waals surface area (Å²) in [6.45, 7) is 1.69. The molecule has 0 unspecified atom stereocenters. The lowest BCUT2D eigenvalue weighted by Crippen LogP contribution is -2.61. The molecule has 0 spiro atoms. The van der Waals surface area contributed by atoms with Gasteiger partial charge in [-0.1, -0.05) is 6.92 Å². The van der Waals surface area contributed by atoms with Gasteiger partial charge in [-0.25, -0.2) is 19.7 Å². The van der Waals surface area contributed by atoms with Crippen LogP contribution in [0.15, 0.2) is 36.5 Å². The number of benzene rings is 1. The number of ether oxygens (including phenoxy) is 2. The normalized spacial score (nSPS) is 18.2. The third kappa shape index (κ3) is 7.19. The van der Waals surface area contributed by atoms with Crippen molar-refractivity contribution in [2.45, 2.75) is 63.0 Å². The first-order valence-electron chi connectivity index (χ1n) is 13.6. The minimum absolute atomic E-state index is 0.00000759. The summed E-state index contributed by atoms with van der Waals surface area (Å²) in [4.78, 5) is 26.6. The molecule has 0 fully saturated rings. The molecule has 10 nitrogen and oxygen atoms in total. The molecule has 0 saturated heterocycles. The predicted molar refractivity (Wildman–Crippen MR) is 147 cm³/mol. The molecule has 3 aromatic rings. The van der Waals surface area contributed by atoms with Crippen molar-refractivity contribution in [3.63, 3.8) is 0 Å². The molecule has 1 aliphatic heterocycles.